The molecule has 1 fully saturated rings. The van der Waals surface area contributed by atoms with Gasteiger partial charge in [0.25, 0.3) is 5.91 Å². The van der Waals surface area contributed by atoms with Crippen molar-refractivity contribution in [1.29, 1.82) is 0 Å². The molecular weight excluding hydrogens is 240 g/mol. The minimum Gasteiger partial charge on any atom is -0.339 e. The molecule has 0 atom stereocenters. The molecule has 0 aliphatic heterocycles. The number of anilines is 1. The van der Waals surface area contributed by atoms with Crippen LogP contribution in [0.2, 0.25) is 0 Å². The number of carbonyl (C=O) groups is 1. The molecule has 0 aromatic carbocycles. The Balaban J connectivity index is 2.18. The van der Waals surface area contributed by atoms with Crippen LogP contribution in [-0.4, -0.2) is 28.9 Å². The summed E-state index contributed by atoms with van der Waals surface area (Å²) in [6, 6.07) is 2.13. The summed E-state index contributed by atoms with van der Waals surface area (Å²) in [5, 5.41) is 0. The van der Waals surface area contributed by atoms with Crippen molar-refractivity contribution in [2.24, 2.45) is 5.84 Å². The highest BCUT2D eigenvalue weighted by molar-refractivity contribution is 5.99. The Labute approximate surface area is 114 Å². The number of hydrogen-bond donors (Lipinski definition) is 2. The Morgan fingerprint density at radius 3 is 2.74 bits per heavy atom. The molecule has 0 spiro atoms. The molecule has 1 saturated carbocycles. The lowest BCUT2D eigenvalue weighted by molar-refractivity contribution is 0.0697. The van der Waals surface area contributed by atoms with E-state index in [2.05, 4.69) is 10.4 Å². The van der Waals surface area contributed by atoms with Crippen molar-refractivity contribution >= 4 is 11.6 Å². The predicted octanol–water partition coefficient (Wildman–Crippen LogP) is 2.08. The van der Waals surface area contributed by atoms with E-state index in [4.69, 9.17) is 5.84 Å². The summed E-state index contributed by atoms with van der Waals surface area (Å²) in [5.74, 6) is 5.48. The lowest BCUT2D eigenvalue weighted by Gasteiger charge is -2.31. The maximum absolute atomic E-state index is 12.5. The fraction of sp³-hybridized carbons (Fsp3) is 0.571. The molecule has 5 heteroatoms. The first-order valence-corrected chi connectivity index (χ1v) is 6.84. The third-order valence-corrected chi connectivity index (χ3v) is 3.87. The summed E-state index contributed by atoms with van der Waals surface area (Å²) in [4.78, 5) is 18.6. The van der Waals surface area contributed by atoms with E-state index in [-0.39, 0.29) is 5.91 Å². The molecule has 3 N–H and O–H groups in total. The van der Waals surface area contributed by atoms with Crippen LogP contribution in [0.5, 0.6) is 0 Å². The first-order chi connectivity index (χ1) is 9.13. The summed E-state index contributed by atoms with van der Waals surface area (Å²) >= 11 is 0. The van der Waals surface area contributed by atoms with Crippen LogP contribution >= 0.6 is 0 Å². The molecule has 5 nitrogen and oxygen atoms in total. The van der Waals surface area contributed by atoms with Crippen molar-refractivity contribution in [1.82, 2.24) is 9.88 Å². The molecule has 1 aliphatic carbocycles. The molecular formula is C14H22N4O. The number of carbonyl (C=O) groups excluding carboxylic acids is 1. The van der Waals surface area contributed by atoms with Crippen molar-refractivity contribution in [3.63, 3.8) is 0 Å². The molecule has 2 rings (SSSR count). The number of aryl methyl sites for hydroxylation is 1. The highest BCUT2D eigenvalue weighted by Gasteiger charge is 2.24. The fourth-order valence-electron chi connectivity index (χ4n) is 2.67. The van der Waals surface area contributed by atoms with Gasteiger partial charge in [-0.3, -0.25) is 15.6 Å². The van der Waals surface area contributed by atoms with E-state index in [9.17, 15) is 4.79 Å². The number of aromatic nitrogens is 1. The van der Waals surface area contributed by atoms with E-state index >= 15 is 0 Å². The van der Waals surface area contributed by atoms with Crippen molar-refractivity contribution in [3.05, 3.63) is 23.5 Å². The average Bonchev–Trinajstić information content (AvgIpc) is 2.46. The van der Waals surface area contributed by atoms with E-state index in [1.807, 2.05) is 18.9 Å². The second-order valence-corrected chi connectivity index (χ2v) is 5.22. The van der Waals surface area contributed by atoms with Gasteiger partial charge in [0.15, 0.2) is 0 Å². The molecule has 0 bridgehead atoms. The zero-order valence-electron chi connectivity index (χ0n) is 11.6. The SMILES string of the molecule is Cc1cc(NN)c(C(=O)N(C)C2CCCCC2)cn1. The monoisotopic (exact) mass is 262 g/mol. The van der Waals surface area contributed by atoms with Gasteiger partial charge >= 0.3 is 0 Å². The summed E-state index contributed by atoms with van der Waals surface area (Å²) in [7, 11) is 1.87. The Bertz CT molecular complexity index is 455. The normalized spacial score (nSPS) is 16.2. The van der Waals surface area contributed by atoms with Crippen LogP contribution in [0.3, 0.4) is 0 Å². The molecule has 1 aromatic rings. The number of pyridine rings is 1. The third-order valence-electron chi connectivity index (χ3n) is 3.87. The quantitative estimate of drug-likeness (QED) is 0.646. The van der Waals surface area contributed by atoms with Crippen LogP contribution in [0.25, 0.3) is 0 Å². The highest BCUT2D eigenvalue weighted by Crippen LogP contribution is 2.24. The standard InChI is InChI=1S/C14H22N4O/c1-10-8-13(17-15)12(9-16-10)14(19)18(2)11-6-4-3-5-7-11/h8-9,11H,3-7,15H2,1-2H3,(H,16,17). The number of nitrogens with zero attached hydrogens (tertiary/aromatic N) is 2. The number of hydrazine groups is 1. The van der Waals surface area contributed by atoms with Gasteiger partial charge in [-0.05, 0) is 25.8 Å². The zero-order chi connectivity index (χ0) is 13.8. The molecule has 1 aliphatic rings. The van der Waals surface area contributed by atoms with E-state index in [1.165, 1.54) is 19.3 Å². The highest BCUT2D eigenvalue weighted by atomic mass is 16.2. The van der Waals surface area contributed by atoms with Gasteiger partial charge in [-0.2, -0.15) is 0 Å². The smallest absolute Gasteiger partial charge is 0.257 e. The van der Waals surface area contributed by atoms with Crippen molar-refractivity contribution < 1.29 is 4.79 Å². The van der Waals surface area contributed by atoms with Gasteiger partial charge in [0.1, 0.15) is 0 Å². The minimum absolute atomic E-state index is 0.00708. The summed E-state index contributed by atoms with van der Waals surface area (Å²) < 4.78 is 0. The molecule has 0 radical (unpaired) electrons. The van der Waals surface area contributed by atoms with Crippen LogP contribution in [0.4, 0.5) is 5.69 Å². The third kappa shape index (κ3) is 3.04. The molecule has 0 unspecified atom stereocenters. The number of amides is 1. The molecule has 104 valence electrons. The Morgan fingerprint density at radius 1 is 1.42 bits per heavy atom. The van der Waals surface area contributed by atoms with E-state index < -0.39 is 0 Å². The Kier molecular flexibility index (Phi) is 4.37. The summed E-state index contributed by atoms with van der Waals surface area (Å²) in [6.45, 7) is 1.87. The van der Waals surface area contributed by atoms with Crippen molar-refractivity contribution in [2.75, 3.05) is 12.5 Å². The number of nitrogens with two attached hydrogens (primary N) is 1. The number of hydrogen-bond acceptors (Lipinski definition) is 4. The van der Waals surface area contributed by atoms with Gasteiger partial charge in [0.2, 0.25) is 0 Å². The molecule has 0 saturated heterocycles. The molecule has 19 heavy (non-hydrogen) atoms. The Hall–Kier alpha value is -1.62. The topological polar surface area (TPSA) is 71.2 Å². The first-order valence-electron chi connectivity index (χ1n) is 6.84. The van der Waals surface area contributed by atoms with E-state index in [0.717, 1.165) is 18.5 Å². The minimum atomic E-state index is -0.00708. The second kappa shape index (κ2) is 6.02. The maximum Gasteiger partial charge on any atom is 0.257 e. The number of nitrogen functional groups attached to an aromatic ring is 1. The van der Waals surface area contributed by atoms with Gasteiger partial charge in [0, 0.05) is 25.0 Å². The van der Waals surface area contributed by atoms with Crippen molar-refractivity contribution in [2.45, 2.75) is 45.1 Å². The van der Waals surface area contributed by atoms with Crippen LogP contribution in [-0.2, 0) is 0 Å². The van der Waals surface area contributed by atoms with E-state index in [1.54, 1.807) is 12.3 Å². The van der Waals surface area contributed by atoms with Crippen LogP contribution in [0, 0.1) is 6.92 Å². The first kappa shape index (κ1) is 13.8. The van der Waals surface area contributed by atoms with Gasteiger partial charge in [-0.25, -0.2) is 0 Å². The molecule has 1 amide bonds. The van der Waals surface area contributed by atoms with Gasteiger partial charge in [0.05, 0.1) is 11.3 Å². The van der Waals surface area contributed by atoms with Crippen LogP contribution in [0.1, 0.15) is 48.2 Å². The van der Waals surface area contributed by atoms with Crippen LogP contribution < -0.4 is 11.3 Å². The van der Waals surface area contributed by atoms with Gasteiger partial charge < -0.3 is 10.3 Å². The largest absolute Gasteiger partial charge is 0.339 e. The maximum atomic E-state index is 12.5. The van der Waals surface area contributed by atoms with Gasteiger partial charge in [-0.15, -0.1) is 0 Å². The summed E-state index contributed by atoms with van der Waals surface area (Å²) in [6.07, 6.45) is 7.47. The second-order valence-electron chi connectivity index (χ2n) is 5.22. The van der Waals surface area contributed by atoms with Crippen LogP contribution in [0.15, 0.2) is 12.3 Å². The molecule has 1 heterocycles. The Morgan fingerprint density at radius 2 is 2.11 bits per heavy atom. The van der Waals surface area contributed by atoms with E-state index in [0.29, 0.717) is 17.3 Å². The average molecular weight is 262 g/mol. The number of rotatable bonds is 3. The van der Waals surface area contributed by atoms with Gasteiger partial charge in [-0.1, -0.05) is 19.3 Å². The predicted molar refractivity (Wildman–Crippen MR) is 75.8 cm³/mol. The number of nitrogens with one attached hydrogen (secondary N) is 1. The fourth-order valence-corrected chi connectivity index (χ4v) is 2.67. The zero-order valence-corrected chi connectivity index (χ0v) is 11.6. The van der Waals surface area contributed by atoms with Crippen molar-refractivity contribution in [3.8, 4) is 0 Å². The summed E-state index contributed by atoms with van der Waals surface area (Å²) in [5.41, 5.74) is 4.61. The molecule has 1 aromatic heterocycles. The lowest BCUT2D eigenvalue weighted by atomic mass is 9.94. The lowest BCUT2D eigenvalue weighted by Crippen LogP contribution is -2.38.